The minimum Gasteiger partial charge on any atom is -0.497 e. The molecule has 1 aliphatic rings. The third kappa shape index (κ3) is 3.79. The molecule has 0 unspecified atom stereocenters. The molecule has 1 N–H and O–H groups in total. The van der Waals surface area contributed by atoms with Crippen molar-refractivity contribution in [2.45, 2.75) is 13.3 Å². The lowest BCUT2D eigenvalue weighted by molar-refractivity contribution is 0.0947. The topological polar surface area (TPSA) is 54.5 Å². The van der Waals surface area contributed by atoms with Gasteiger partial charge >= 0.3 is 0 Å². The van der Waals surface area contributed by atoms with Gasteiger partial charge in [-0.25, -0.2) is 0 Å². The molecule has 0 radical (unpaired) electrons. The number of hydrogen-bond donors (Lipinski definition) is 1. The first-order chi connectivity index (χ1) is 13.6. The fourth-order valence-corrected chi connectivity index (χ4v) is 3.81. The molecule has 0 aliphatic carbocycles. The van der Waals surface area contributed by atoms with Crippen molar-refractivity contribution in [1.29, 1.82) is 0 Å². The van der Waals surface area contributed by atoms with Gasteiger partial charge in [-0.15, -0.1) is 0 Å². The van der Waals surface area contributed by atoms with Crippen molar-refractivity contribution in [2.75, 3.05) is 31.6 Å². The van der Waals surface area contributed by atoms with E-state index >= 15 is 0 Å². The van der Waals surface area contributed by atoms with Crippen LogP contribution in [0.25, 0.3) is 10.9 Å². The molecule has 0 saturated carbocycles. The van der Waals surface area contributed by atoms with Crippen LogP contribution in [0.3, 0.4) is 0 Å². The van der Waals surface area contributed by atoms with E-state index in [1.54, 1.807) is 7.11 Å². The Morgan fingerprint density at radius 1 is 1.21 bits per heavy atom. The number of benzene rings is 2. The predicted octanol–water partition coefficient (Wildman–Crippen LogP) is 3.81. The second kappa shape index (κ2) is 7.89. The largest absolute Gasteiger partial charge is 0.497 e. The highest BCUT2D eigenvalue weighted by atomic mass is 16.5. The zero-order valence-electron chi connectivity index (χ0n) is 16.3. The van der Waals surface area contributed by atoms with Crippen molar-refractivity contribution in [1.82, 2.24) is 10.3 Å². The lowest BCUT2D eigenvalue weighted by Crippen LogP contribution is -2.31. The third-order valence-electron chi connectivity index (χ3n) is 5.42. The van der Waals surface area contributed by atoms with Gasteiger partial charge in [-0.2, -0.15) is 0 Å². The van der Waals surface area contributed by atoms with Crippen molar-refractivity contribution >= 4 is 22.5 Å². The van der Waals surface area contributed by atoms with Gasteiger partial charge in [0, 0.05) is 30.7 Å². The summed E-state index contributed by atoms with van der Waals surface area (Å²) in [4.78, 5) is 19.7. The van der Waals surface area contributed by atoms with Crippen LogP contribution in [0.5, 0.6) is 5.75 Å². The second-order valence-electron chi connectivity index (χ2n) is 7.33. The fourth-order valence-electron chi connectivity index (χ4n) is 3.81. The number of nitrogens with one attached hydrogen (secondary N) is 1. The Kier molecular flexibility index (Phi) is 5.15. The Morgan fingerprint density at radius 2 is 2.04 bits per heavy atom. The maximum atomic E-state index is 12.8. The fraction of sp³-hybridized carbons (Fsp3) is 0.304. The summed E-state index contributed by atoms with van der Waals surface area (Å²) in [5.74, 6) is 1.15. The van der Waals surface area contributed by atoms with E-state index in [1.165, 1.54) is 5.69 Å². The number of hydrogen-bond acceptors (Lipinski definition) is 4. The molecule has 5 nitrogen and oxygen atoms in total. The van der Waals surface area contributed by atoms with E-state index in [2.05, 4.69) is 39.5 Å². The summed E-state index contributed by atoms with van der Waals surface area (Å²) in [6.45, 7) is 4.56. The first-order valence-corrected chi connectivity index (χ1v) is 9.67. The van der Waals surface area contributed by atoms with Crippen molar-refractivity contribution < 1.29 is 9.53 Å². The monoisotopic (exact) mass is 375 g/mol. The number of amides is 1. The van der Waals surface area contributed by atoms with Gasteiger partial charge in [-0.3, -0.25) is 9.78 Å². The van der Waals surface area contributed by atoms with Crippen molar-refractivity contribution in [2.24, 2.45) is 5.92 Å². The van der Waals surface area contributed by atoms with Crippen LogP contribution in [-0.2, 0) is 0 Å². The van der Waals surface area contributed by atoms with Crippen molar-refractivity contribution in [3.8, 4) is 5.75 Å². The summed E-state index contributed by atoms with van der Waals surface area (Å²) in [7, 11) is 1.64. The molecule has 1 saturated heterocycles. The number of pyridine rings is 1. The number of fused-ring (bicyclic) bond motifs is 1. The Morgan fingerprint density at radius 3 is 2.82 bits per heavy atom. The Balaban J connectivity index is 1.42. The number of methoxy groups -OCH3 is 1. The Bertz CT molecular complexity index is 988. The highest BCUT2D eigenvalue weighted by Gasteiger charge is 2.23. The molecule has 1 amide bonds. The van der Waals surface area contributed by atoms with Crippen LogP contribution in [0.2, 0.25) is 0 Å². The maximum Gasteiger partial charge on any atom is 0.253 e. The number of para-hydroxylation sites is 1. The summed E-state index contributed by atoms with van der Waals surface area (Å²) >= 11 is 0. The number of anilines is 1. The number of carbonyl (C=O) groups excluding carboxylic acids is 1. The molecule has 0 spiro atoms. The minimum atomic E-state index is -0.0621. The van der Waals surface area contributed by atoms with E-state index in [-0.39, 0.29) is 5.91 Å². The van der Waals surface area contributed by atoms with Gasteiger partial charge < -0.3 is 15.0 Å². The van der Waals surface area contributed by atoms with E-state index in [0.29, 0.717) is 18.0 Å². The standard InChI is InChI=1S/C23H25N3O2/c1-16-21(13-18-12-20(28-2)8-9-22(18)25-16)23(27)24-14-17-10-11-26(15-17)19-6-4-3-5-7-19/h3-9,12-13,17H,10-11,14-15H2,1-2H3,(H,24,27)/t17-/m0/s1. The molecule has 3 aromatic rings. The summed E-state index contributed by atoms with van der Waals surface area (Å²) in [6.07, 6.45) is 1.08. The van der Waals surface area contributed by atoms with Crippen LogP contribution in [0.1, 0.15) is 22.5 Å². The molecule has 144 valence electrons. The van der Waals surface area contributed by atoms with E-state index in [1.807, 2.05) is 37.3 Å². The molecule has 1 aliphatic heterocycles. The first kappa shape index (κ1) is 18.3. The van der Waals surface area contributed by atoms with Crippen molar-refractivity contribution in [3.05, 3.63) is 65.9 Å². The maximum absolute atomic E-state index is 12.8. The number of ether oxygens (including phenoxy) is 1. The number of aromatic nitrogens is 1. The molecule has 28 heavy (non-hydrogen) atoms. The molecule has 1 atom stereocenters. The molecule has 5 heteroatoms. The molecule has 1 fully saturated rings. The average molecular weight is 375 g/mol. The SMILES string of the molecule is COc1ccc2nc(C)c(C(=O)NC[C@@H]3CCN(c4ccccc4)C3)cc2c1. The van der Waals surface area contributed by atoms with Crippen LogP contribution in [0.15, 0.2) is 54.6 Å². The van der Waals surface area contributed by atoms with Gasteiger partial charge in [0.25, 0.3) is 5.91 Å². The molecule has 2 aromatic carbocycles. The number of nitrogens with zero attached hydrogens (tertiary/aromatic N) is 2. The van der Waals surface area contributed by atoms with E-state index < -0.39 is 0 Å². The number of aryl methyl sites for hydroxylation is 1. The van der Waals surface area contributed by atoms with Crippen molar-refractivity contribution in [3.63, 3.8) is 0 Å². The van der Waals surface area contributed by atoms with Gasteiger partial charge in [0.05, 0.1) is 23.9 Å². The van der Waals surface area contributed by atoms with Crippen LogP contribution >= 0.6 is 0 Å². The zero-order valence-corrected chi connectivity index (χ0v) is 16.3. The Hall–Kier alpha value is -3.08. The molecular formula is C23H25N3O2. The summed E-state index contributed by atoms with van der Waals surface area (Å²) in [6, 6.07) is 18.1. The lowest BCUT2D eigenvalue weighted by Gasteiger charge is -2.18. The quantitative estimate of drug-likeness (QED) is 0.737. The van der Waals surface area contributed by atoms with Gasteiger partial charge in [0.15, 0.2) is 0 Å². The van der Waals surface area contributed by atoms with Gasteiger partial charge in [0.2, 0.25) is 0 Å². The van der Waals surface area contributed by atoms with Gasteiger partial charge in [0.1, 0.15) is 5.75 Å². The smallest absolute Gasteiger partial charge is 0.253 e. The van der Waals surface area contributed by atoms with E-state index in [4.69, 9.17) is 4.74 Å². The highest BCUT2D eigenvalue weighted by molar-refractivity contribution is 5.98. The zero-order chi connectivity index (χ0) is 19.5. The predicted molar refractivity (Wildman–Crippen MR) is 112 cm³/mol. The molecule has 0 bridgehead atoms. The van der Waals surface area contributed by atoms with Gasteiger partial charge in [-0.05, 0) is 55.7 Å². The molecule has 4 rings (SSSR count). The van der Waals surface area contributed by atoms with E-state index in [0.717, 1.165) is 41.9 Å². The molecule has 1 aromatic heterocycles. The lowest BCUT2D eigenvalue weighted by atomic mass is 10.1. The second-order valence-corrected chi connectivity index (χ2v) is 7.33. The van der Waals surface area contributed by atoms with Crippen LogP contribution in [-0.4, -0.2) is 37.6 Å². The highest BCUT2D eigenvalue weighted by Crippen LogP contribution is 2.24. The molecular weight excluding hydrogens is 350 g/mol. The first-order valence-electron chi connectivity index (χ1n) is 9.67. The normalized spacial score (nSPS) is 16.4. The van der Waals surface area contributed by atoms with Crippen LogP contribution < -0.4 is 15.0 Å². The van der Waals surface area contributed by atoms with Crippen LogP contribution in [0, 0.1) is 12.8 Å². The van der Waals surface area contributed by atoms with Crippen LogP contribution in [0.4, 0.5) is 5.69 Å². The van der Waals surface area contributed by atoms with Gasteiger partial charge in [-0.1, -0.05) is 18.2 Å². The Labute approximate surface area is 165 Å². The molecule has 2 heterocycles. The summed E-state index contributed by atoms with van der Waals surface area (Å²) in [5, 5.41) is 4.02. The third-order valence-corrected chi connectivity index (χ3v) is 5.42. The summed E-state index contributed by atoms with van der Waals surface area (Å²) in [5.41, 5.74) is 3.48. The van der Waals surface area contributed by atoms with E-state index in [9.17, 15) is 4.79 Å². The minimum absolute atomic E-state index is 0.0621. The number of carbonyl (C=O) groups is 1. The summed E-state index contributed by atoms with van der Waals surface area (Å²) < 4.78 is 5.28. The average Bonchev–Trinajstić information content (AvgIpc) is 3.21. The number of rotatable bonds is 5.